The molecule has 3 aromatic rings. The maximum Gasteiger partial charge on any atom is 0.287 e. The molecule has 35 heavy (non-hydrogen) atoms. The lowest BCUT2D eigenvalue weighted by atomic mass is 9.97. The molecule has 0 radical (unpaired) electrons. The van der Waals surface area contributed by atoms with E-state index in [1.54, 1.807) is 19.2 Å². The molecule has 4 rings (SSSR count). The number of benzene rings is 1. The zero-order chi connectivity index (χ0) is 25.4. The fraction of sp³-hybridized carbons (Fsp3) is 0.333. The van der Waals surface area contributed by atoms with Gasteiger partial charge in [0.2, 0.25) is 5.03 Å². The van der Waals surface area contributed by atoms with E-state index in [1.165, 1.54) is 6.20 Å². The van der Waals surface area contributed by atoms with Crippen LogP contribution in [0.4, 0.5) is 5.82 Å². The van der Waals surface area contributed by atoms with Crippen molar-refractivity contribution in [2.24, 2.45) is 5.92 Å². The monoisotopic (exact) mass is 497 g/mol. The Morgan fingerprint density at radius 2 is 2.03 bits per heavy atom. The van der Waals surface area contributed by atoms with E-state index in [4.69, 9.17) is 9.72 Å². The number of ether oxygens (including phenoxy) is 1. The first-order chi connectivity index (χ1) is 16.5. The van der Waals surface area contributed by atoms with Crippen molar-refractivity contribution in [1.29, 1.82) is 0 Å². The van der Waals surface area contributed by atoms with Crippen molar-refractivity contribution in [3.8, 4) is 17.0 Å². The maximum absolute atomic E-state index is 13.2. The highest BCUT2D eigenvalue weighted by atomic mass is 32.2. The van der Waals surface area contributed by atoms with Crippen molar-refractivity contribution in [2.75, 3.05) is 18.6 Å². The zero-order valence-electron chi connectivity index (χ0n) is 19.9. The lowest BCUT2D eigenvalue weighted by Crippen LogP contribution is -2.41. The van der Waals surface area contributed by atoms with Crippen LogP contribution in [-0.4, -0.2) is 48.5 Å². The lowest BCUT2D eigenvalue weighted by molar-refractivity contribution is 0.0981. The molecule has 184 valence electrons. The zero-order valence-corrected chi connectivity index (χ0v) is 20.7. The van der Waals surface area contributed by atoms with Crippen molar-refractivity contribution < 1.29 is 17.9 Å². The number of sulfonamides is 1. The predicted octanol–water partition coefficient (Wildman–Crippen LogP) is 2.58. The van der Waals surface area contributed by atoms with Crippen LogP contribution in [0.3, 0.4) is 0 Å². The van der Waals surface area contributed by atoms with Gasteiger partial charge >= 0.3 is 0 Å². The molecule has 3 heterocycles. The van der Waals surface area contributed by atoms with E-state index in [1.807, 2.05) is 33.9 Å². The van der Waals surface area contributed by atoms with Gasteiger partial charge in [-0.3, -0.25) is 9.59 Å². The minimum atomic E-state index is -4.51. The van der Waals surface area contributed by atoms with E-state index in [-0.39, 0.29) is 11.1 Å². The molecule has 1 aromatic carbocycles. The highest BCUT2D eigenvalue weighted by molar-refractivity contribution is 7.90. The third kappa shape index (κ3) is 4.90. The summed E-state index contributed by atoms with van der Waals surface area (Å²) in [6, 6.07) is 10.6. The van der Waals surface area contributed by atoms with Crippen molar-refractivity contribution in [2.45, 2.75) is 37.8 Å². The van der Waals surface area contributed by atoms with Gasteiger partial charge in [-0.15, -0.1) is 0 Å². The standard InChI is InChI=1S/C24H27N5O5S/c1-15-13-24(2,3)29(14-15)20-18(8-9-19(27-20)16-6-5-7-17(12-16)34-4)21(30)28-35(32,33)23-22(31)25-10-11-26-23/h5-12,15H,13-14H2,1-4H3,(H,25,31)(H,28,30)/t15-/m0/s1. The number of carbonyl (C=O) groups is 1. The molecule has 0 spiro atoms. The number of amides is 1. The Bertz CT molecular complexity index is 1430. The summed E-state index contributed by atoms with van der Waals surface area (Å²) in [5.74, 6) is 0.473. The molecule has 1 aliphatic rings. The van der Waals surface area contributed by atoms with Gasteiger partial charge in [0.25, 0.3) is 21.5 Å². The Morgan fingerprint density at radius 1 is 1.26 bits per heavy atom. The van der Waals surface area contributed by atoms with Crippen LogP contribution in [0.5, 0.6) is 5.75 Å². The van der Waals surface area contributed by atoms with Crippen LogP contribution in [0.15, 0.2) is 58.6 Å². The Balaban J connectivity index is 1.79. The summed E-state index contributed by atoms with van der Waals surface area (Å²) in [6.45, 7) is 6.88. The van der Waals surface area contributed by atoms with Gasteiger partial charge in [0, 0.05) is 30.0 Å². The smallest absolute Gasteiger partial charge is 0.287 e. The summed E-state index contributed by atoms with van der Waals surface area (Å²) in [6.07, 6.45) is 3.21. The topological polar surface area (TPSA) is 134 Å². The van der Waals surface area contributed by atoms with E-state index in [2.05, 4.69) is 30.7 Å². The number of hydrogen-bond acceptors (Lipinski definition) is 8. The fourth-order valence-corrected chi connectivity index (χ4v) is 5.44. The lowest BCUT2D eigenvalue weighted by Gasteiger charge is -2.34. The number of hydrogen-bond donors (Lipinski definition) is 2. The summed E-state index contributed by atoms with van der Waals surface area (Å²) in [5.41, 5.74) is 0.236. The Labute approximate surface area is 203 Å². The van der Waals surface area contributed by atoms with E-state index in [0.717, 1.165) is 18.2 Å². The molecule has 0 aliphatic carbocycles. The van der Waals surface area contributed by atoms with Crippen LogP contribution < -0.4 is 19.9 Å². The van der Waals surface area contributed by atoms with Crippen LogP contribution in [0.25, 0.3) is 11.3 Å². The molecule has 0 unspecified atom stereocenters. The predicted molar refractivity (Wildman–Crippen MR) is 131 cm³/mol. The number of pyridine rings is 1. The third-order valence-electron chi connectivity index (χ3n) is 5.97. The number of aromatic amines is 1. The largest absolute Gasteiger partial charge is 0.497 e. The van der Waals surface area contributed by atoms with Crippen LogP contribution in [0.1, 0.15) is 37.6 Å². The van der Waals surface area contributed by atoms with Crippen molar-refractivity contribution in [1.82, 2.24) is 19.7 Å². The Morgan fingerprint density at radius 3 is 2.69 bits per heavy atom. The second-order valence-electron chi connectivity index (χ2n) is 9.19. The number of anilines is 1. The number of nitrogens with zero attached hydrogens (tertiary/aromatic N) is 3. The second-order valence-corrected chi connectivity index (χ2v) is 10.8. The van der Waals surface area contributed by atoms with Gasteiger partial charge in [0.1, 0.15) is 11.6 Å². The summed E-state index contributed by atoms with van der Waals surface area (Å²) in [7, 11) is -2.93. The first-order valence-electron chi connectivity index (χ1n) is 11.1. The number of aromatic nitrogens is 3. The van der Waals surface area contributed by atoms with Crippen molar-refractivity contribution in [3.05, 3.63) is 64.7 Å². The average Bonchev–Trinajstić information content (AvgIpc) is 3.10. The molecule has 1 aliphatic heterocycles. The maximum atomic E-state index is 13.2. The molecular weight excluding hydrogens is 470 g/mol. The quantitative estimate of drug-likeness (QED) is 0.531. The summed E-state index contributed by atoms with van der Waals surface area (Å²) in [4.78, 5) is 37.9. The first-order valence-corrected chi connectivity index (χ1v) is 12.5. The first kappa shape index (κ1) is 24.4. The summed E-state index contributed by atoms with van der Waals surface area (Å²) < 4.78 is 32.8. The molecule has 10 nitrogen and oxygen atoms in total. The molecular formula is C24H27N5O5S. The molecule has 2 aromatic heterocycles. The SMILES string of the molecule is COc1cccc(-c2ccc(C(=O)NS(=O)(=O)c3ncc[nH]c3=O)c(N3C[C@@H](C)CC3(C)C)n2)c1. The number of carbonyl (C=O) groups excluding carboxylic acids is 1. The highest BCUT2D eigenvalue weighted by Crippen LogP contribution is 2.38. The van der Waals surface area contributed by atoms with Gasteiger partial charge in [0.15, 0.2) is 0 Å². The van der Waals surface area contributed by atoms with Gasteiger partial charge < -0.3 is 14.6 Å². The van der Waals surface area contributed by atoms with Gasteiger partial charge in [0.05, 0.1) is 18.4 Å². The molecule has 1 saturated heterocycles. The number of rotatable bonds is 6. The van der Waals surface area contributed by atoms with Crippen LogP contribution in [-0.2, 0) is 10.0 Å². The van der Waals surface area contributed by atoms with Crippen molar-refractivity contribution >= 4 is 21.7 Å². The molecule has 1 amide bonds. The van der Waals surface area contributed by atoms with Crippen LogP contribution in [0.2, 0.25) is 0 Å². The minimum Gasteiger partial charge on any atom is -0.497 e. The van der Waals surface area contributed by atoms with Gasteiger partial charge in [-0.25, -0.2) is 14.7 Å². The molecule has 0 saturated carbocycles. The molecule has 11 heteroatoms. The number of nitrogens with one attached hydrogen (secondary N) is 2. The van der Waals surface area contributed by atoms with E-state index >= 15 is 0 Å². The van der Waals surface area contributed by atoms with E-state index in [0.29, 0.717) is 29.7 Å². The molecule has 0 bridgehead atoms. The second kappa shape index (κ2) is 9.14. The minimum absolute atomic E-state index is 0.0785. The Hall–Kier alpha value is -3.73. The highest BCUT2D eigenvalue weighted by Gasteiger charge is 2.39. The fourth-order valence-electron chi connectivity index (χ4n) is 4.49. The van der Waals surface area contributed by atoms with Gasteiger partial charge in [-0.05, 0) is 50.5 Å². The normalized spacial score (nSPS) is 17.3. The molecule has 2 N–H and O–H groups in total. The van der Waals surface area contributed by atoms with Gasteiger partial charge in [-0.1, -0.05) is 19.1 Å². The molecule has 1 atom stereocenters. The van der Waals surface area contributed by atoms with Crippen LogP contribution in [0, 0.1) is 5.92 Å². The summed E-state index contributed by atoms with van der Waals surface area (Å²) >= 11 is 0. The van der Waals surface area contributed by atoms with E-state index < -0.39 is 26.5 Å². The van der Waals surface area contributed by atoms with Crippen molar-refractivity contribution in [3.63, 3.8) is 0 Å². The van der Waals surface area contributed by atoms with Crippen LogP contribution >= 0.6 is 0 Å². The van der Waals surface area contributed by atoms with Gasteiger partial charge in [-0.2, -0.15) is 8.42 Å². The third-order valence-corrected chi connectivity index (χ3v) is 7.22. The Kier molecular flexibility index (Phi) is 6.37. The number of methoxy groups -OCH3 is 1. The molecule has 1 fully saturated rings. The summed E-state index contributed by atoms with van der Waals surface area (Å²) in [5, 5.41) is -0.786. The van der Waals surface area contributed by atoms with E-state index in [9.17, 15) is 18.0 Å². The number of H-pyrrole nitrogens is 1. The average molecular weight is 498 g/mol.